The molecule has 2 amide bonds. The Morgan fingerprint density at radius 1 is 1.13 bits per heavy atom. The van der Waals surface area contributed by atoms with E-state index in [0.29, 0.717) is 5.75 Å². The van der Waals surface area contributed by atoms with E-state index in [1.54, 1.807) is 13.8 Å². The molecular formula is C23H24N2O5S. The molecular weight excluding hydrogens is 416 g/mol. The highest BCUT2D eigenvalue weighted by atomic mass is 32.2. The van der Waals surface area contributed by atoms with E-state index in [2.05, 4.69) is 17.4 Å². The maximum Gasteiger partial charge on any atom is 0.407 e. The average molecular weight is 441 g/mol. The first-order valence-electron chi connectivity index (χ1n) is 10.2. The fraction of sp³-hybridized carbons (Fsp3) is 0.348. The van der Waals surface area contributed by atoms with Crippen molar-refractivity contribution in [2.45, 2.75) is 37.2 Å². The summed E-state index contributed by atoms with van der Waals surface area (Å²) in [6, 6.07) is 14.3. The van der Waals surface area contributed by atoms with Crippen LogP contribution >= 0.6 is 11.8 Å². The zero-order chi connectivity index (χ0) is 22.1. The number of benzene rings is 2. The van der Waals surface area contributed by atoms with Gasteiger partial charge in [0, 0.05) is 11.7 Å². The monoisotopic (exact) mass is 440 g/mol. The van der Waals surface area contributed by atoms with E-state index >= 15 is 0 Å². The summed E-state index contributed by atoms with van der Waals surface area (Å²) >= 11 is 1.40. The molecule has 2 aromatic carbocycles. The summed E-state index contributed by atoms with van der Waals surface area (Å²) in [4.78, 5) is 38.0. The normalized spacial score (nSPS) is 20.6. The quantitative estimate of drug-likeness (QED) is 0.741. The van der Waals surface area contributed by atoms with E-state index in [1.807, 2.05) is 36.4 Å². The smallest absolute Gasteiger partial charge is 0.407 e. The van der Waals surface area contributed by atoms with Crippen LogP contribution in [0.5, 0.6) is 0 Å². The minimum absolute atomic E-state index is 0.0736. The van der Waals surface area contributed by atoms with E-state index in [9.17, 15) is 19.5 Å². The van der Waals surface area contributed by atoms with Gasteiger partial charge in [-0.3, -0.25) is 4.79 Å². The van der Waals surface area contributed by atoms with Crippen LogP contribution in [0.1, 0.15) is 30.9 Å². The zero-order valence-corrected chi connectivity index (χ0v) is 18.1. The lowest BCUT2D eigenvalue weighted by Crippen LogP contribution is -2.53. The molecule has 4 rings (SSSR count). The number of thioether (sulfide) groups is 1. The number of amides is 2. The van der Waals surface area contributed by atoms with Gasteiger partial charge < -0.3 is 20.1 Å². The molecule has 0 aromatic heterocycles. The van der Waals surface area contributed by atoms with Crippen LogP contribution < -0.4 is 5.32 Å². The van der Waals surface area contributed by atoms with Gasteiger partial charge in [-0.25, -0.2) is 9.59 Å². The van der Waals surface area contributed by atoms with Crippen molar-refractivity contribution >= 4 is 29.7 Å². The minimum Gasteiger partial charge on any atom is -0.480 e. The number of nitrogens with one attached hydrogen (secondary N) is 1. The van der Waals surface area contributed by atoms with E-state index in [-0.39, 0.29) is 17.9 Å². The summed E-state index contributed by atoms with van der Waals surface area (Å²) in [7, 11) is 0. The predicted octanol–water partition coefficient (Wildman–Crippen LogP) is 3.29. The number of carbonyl (C=O) groups is 3. The van der Waals surface area contributed by atoms with E-state index in [0.717, 1.165) is 22.3 Å². The zero-order valence-electron chi connectivity index (χ0n) is 17.3. The number of rotatable bonds is 5. The first kappa shape index (κ1) is 21.2. The number of carboxylic acids is 1. The highest BCUT2D eigenvalue weighted by molar-refractivity contribution is 8.00. The molecule has 2 aliphatic rings. The van der Waals surface area contributed by atoms with Crippen LogP contribution in [0.3, 0.4) is 0 Å². The summed E-state index contributed by atoms with van der Waals surface area (Å²) in [5.74, 6) is -1.22. The Bertz CT molecular complexity index is 981. The Balaban J connectivity index is 1.40. The lowest BCUT2D eigenvalue weighted by molar-refractivity contribution is -0.149. The third kappa shape index (κ3) is 3.99. The molecule has 2 aromatic rings. The highest BCUT2D eigenvalue weighted by Crippen LogP contribution is 2.44. The number of carboxylic acid groups (broad SMARTS) is 1. The van der Waals surface area contributed by atoms with Crippen molar-refractivity contribution in [3.63, 3.8) is 0 Å². The predicted molar refractivity (Wildman–Crippen MR) is 118 cm³/mol. The van der Waals surface area contributed by atoms with Crippen LogP contribution in [0.15, 0.2) is 48.5 Å². The summed E-state index contributed by atoms with van der Waals surface area (Å²) in [6.07, 6.45) is -0.700. The van der Waals surface area contributed by atoms with Crippen molar-refractivity contribution in [3.05, 3.63) is 59.7 Å². The lowest BCUT2D eigenvalue weighted by Gasteiger charge is -2.28. The Morgan fingerprint density at radius 3 is 2.29 bits per heavy atom. The average Bonchev–Trinajstić information content (AvgIpc) is 3.30. The number of fused-ring (bicyclic) bond motifs is 3. The molecule has 0 radical (unpaired) electrons. The molecule has 1 aliphatic heterocycles. The Morgan fingerprint density at radius 2 is 1.71 bits per heavy atom. The molecule has 2 N–H and O–H groups in total. The second-order valence-corrected chi connectivity index (χ2v) is 9.07. The standard InChI is InChI=1S/C23H24N2O5S/c1-13(21(26)25-14(2)31-12-20(25)22(27)28)24-23(29)30-11-19-17-9-5-3-7-15(17)16-8-4-6-10-18(16)19/h3-10,13-14,19-20H,11-12H2,1-2H3,(H,24,29)(H,27,28)/t13-,14?,20?/m1/s1. The van der Waals surface area contributed by atoms with Crippen molar-refractivity contribution in [1.29, 1.82) is 0 Å². The van der Waals surface area contributed by atoms with Crippen LogP contribution in [0, 0.1) is 0 Å². The van der Waals surface area contributed by atoms with Crippen LogP contribution in [0.4, 0.5) is 4.79 Å². The van der Waals surface area contributed by atoms with E-state index in [4.69, 9.17) is 4.74 Å². The number of ether oxygens (including phenoxy) is 1. The molecule has 3 atom stereocenters. The maximum absolute atomic E-state index is 12.8. The second kappa shape index (κ2) is 8.63. The Labute approximate surface area is 184 Å². The lowest BCUT2D eigenvalue weighted by atomic mass is 9.98. The number of hydrogen-bond donors (Lipinski definition) is 2. The topological polar surface area (TPSA) is 95.9 Å². The van der Waals surface area contributed by atoms with Crippen LogP contribution in [-0.4, -0.2) is 57.8 Å². The summed E-state index contributed by atoms with van der Waals surface area (Å²) in [5, 5.41) is 11.7. The van der Waals surface area contributed by atoms with Gasteiger partial charge in [0.25, 0.3) is 0 Å². The van der Waals surface area contributed by atoms with Crippen molar-refractivity contribution in [3.8, 4) is 11.1 Å². The van der Waals surface area contributed by atoms with Crippen LogP contribution in [0.2, 0.25) is 0 Å². The first-order valence-corrected chi connectivity index (χ1v) is 11.2. The van der Waals surface area contributed by atoms with E-state index < -0.39 is 30.1 Å². The van der Waals surface area contributed by atoms with Crippen molar-refractivity contribution < 1.29 is 24.2 Å². The molecule has 0 bridgehead atoms. The SMILES string of the molecule is CC1SCC(C(=O)O)N1C(=O)[C@@H](C)NC(=O)OCC1c2ccccc2-c2ccccc21. The van der Waals surface area contributed by atoms with E-state index in [1.165, 1.54) is 16.7 Å². The number of carbonyl (C=O) groups excluding carboxylic acids is 2. The van der Waals surface area contributed by atoms with Crippen LogP contribution in [-0.2, 0) is 14.3 Å². The number of aliphatic carboxylic acids is 1. The third-order valence-corrected chi connectivity index (χ3v) is 7.03. The summed E-state index contributed by atoms with van der Waals surface area (Å²) in [6.45, 7) is 3.47. The van der Waals surface area contributed by atoms with Gasteiger partial charge in [0.2, 0.25) is 5.91 Å². The molecule has 0 spiro atoms. The van der Waals surface area contributed by atoms with Gasteiger partial charge in [0.15, 0.2) is 0 Å². The molecule has 0 saturated carbocycles. The second-order valence-electron chi connectivity index (χ2n) is 7.72. The van der Waals surface area contributed by atoms with Gasteiger partial charge in [-0.2, -0.15) is 0 Å². The van der Waals surface area contributed by atoms with Gasteiger partial charge in [-0.15, -0.1) is 11.8 Å². The van der Waals surface area contributed by atoms with Gasteiger partial charge in [-0.1, -0.05) is 48.5 Å². The van der Waals surface area contributed by atoms with Crippen LogP contribution in [0.25, 0.3) is 11.1 Å². The number of hydrogen-bond acceptors (Lipinski definition) is 5. The van der Waals surface area contributed by atoms with Crippen molar-refractivity contribution in [2.24, 2.45) is 0 Å². The van der Waals surface area contributed by atoms with Gasteiger partial charge in [0.05, 0.1) is 5.37 Å². The molecule has 1 heterocycles. The maximum atomic E-state index is 12.8. The van der Waals surface area contributed by atoms with Crippen molar-refractivity contribution in [2.75, 3.05) is 12.4 Å². The molecule has 7 nitrogen and oxygen atoms in total. The Kier molecular flexibility index (Phi) is 5.91. The molecule has 8 heteroatoms. The first-order chi connectivity index (χ1) is 14.9. The van der Waals surface area contributed by atoms with Gasteiger partial charge >= 0.3 is 12.1 Å². The number of nitrogens with zero attached hydrogens (tertiary/aromatic N) is 1. The van der Waals surface area contributed by atoms with Gasteiger partial charge in [-0.05, 0) is 36.1 Å². The van der Waals surface area contributed by atoms with Crippen molar-refractivity contribution in [1.82, 2.24) is 10.2 Å². The summed E-state index contributed by atoms with van der Waals surface area (Å²) < 4.78 is 5.48. The third-order valence-electron chi connectivity index (χ3n) is 5.81. The number of alkyl carbamates (subject to hydrolysis) is 1. The molecule has 1 fully saturated rings. The fourth-order valence-corrected chi connectivity index (χ4v) is 5.45. The molecule has 162 valence electrons. The summed E-state index contributed by atoms with van der Waals surface area (Å²) in [5.41, 5.74) is 4.48. The molecule has 2 unspecified atom stereocenters. The largest absolute Gasteiger partial charge is 0.480 e. The van der Waals surface area contributed by atoms with Gasteiger partial charge in [0.1, 0.15) is 18.7 Å². The Hall–Kier alpha value is -3.00. The molecule has 1 saturated heterocycles. The molecule has 1 aliphatic carbocycles. The minimum atomic E-state index is -1.04. The molecule has 31 heavy (non-hydrogen) atoms. The fourth-order valence-electron chi connectivity index (χ4n) is 4.27. The highest BCUT2D eigenvalue weighted by Gasteiger charge is 2.41.